The van der Waals surface area contributed by atoms with Gasteiger partial charge < -0.3 is 19.7 Å². The van der Waals surface area contributed by atoms with Crippen LogP contribution in [0.15, 0.2) is 6.07 Å². The van der Waals surface area contributed by atoms with Crippen molar-refractivity contribution >= 4 is 5.97 Å². The van der Waals surface area contributed by atoms with E-state index in [1.54, 1.807) is 0 Å². The molecule has 0 fully saturated rings. The molecule has 0 aliphatic carbocycles. The Kier molecular flexibility index (Phi) is 3.84. The number of ether oxygens (including phenoxy) is 2. The topological polar surface area (TPSA) is 76.0 Å². The molecule has 17 heavy (non-hydrogen) atoms. The van der Waals surface area contributed by atoms with E-state index < -0.39 is 29.3 Å². The lowest BCUT2D eigenvalue weighted by Gasteiger charge is -2.15. The highest BCUT2D eigenvalue weighted by molar-refractivity contribution is 5.76. The third-order valence-electron chi connectivity index (χ3n) is 2.10. The van der Waals surface area contributed by atoms with Crippen molar-refractivity contribution in [3.05, 3.63) is 23.3 Å². The average molecular weight is 248 g/mol. The maximum Gasteiger partial charge on any atom is 0.337 e. The largest absolute Gasteiger partial charge is 0.493 e. The Labute approximate surface area is 95.2 Å². The van der Waals surface area contributed by atoms with Crippen LogP contribution in [0.25, 0.3) is 0 Å². The first-order chi connectivity index (χ1) is 7.93. The minimum absolute atomic E-state index is 0.207. The Hall–Kier alpha value is -1.89. The molecule has 94 valence electrons. The van der Waals surface area contributed by atoms with Gasteiger partial charge in [-0.3, -0.25) is 0 Å². The van der Waals surface area contributed by atoms with Gasteiger partial charge in [-0.25, -0.2) is 13.6 Å². The molecule has 0 bridgehead atoms. The molecular weight excluding hydrogens is 238 g/mol. The SMILES string of the molecule is COc1cc(F)c(F)c(C(O)C(=O)O)c1OC. The van der Waals surface area contributed by atoms with Gasteiger partial charge in [-0.1, -0.05) is 0 Å². The number of aliphatic carboxylic acids is 1. The van der Waals surface area contributed by atoms with Gasteiger partial charge in [0.1, 0.15) is 0 Å². The summed E-state index contributed by atoms with van der Waals surface area (Å²) in [6.07, 6.45) is -2.24. The van der Waals surface area contributed by atoms with Crippen LogP contribution in [-0.2, 0) is 4.79 Å². The average Bonchev–Trinajstić information content (AvgIpc) is 2.30. The maximum atomic E-state index is 13.4. The van der Waals surface area contributed by atoms with Crippen molar-refractivity contribution in [1.29, 1.82) is 0 Å². The fourth-order valence-corrected chi connectivity index (χ4v) is 1.33. The Bertz CT molecular complexity index is 447. The Morgan fingerprint density at radius 1 is 1.35 bits per heavy atom. The highest BCUT2D eigenvalue weighted by Gasteiger charge is 2.29. The summed E-state index contributed by atoms with van der Waals surface area (Å²) >= 11 is 0. The number of carboxylic acid groups (broad SMARTS) is 1. The fraction of sp³-hybridized carbons (Fsp3) is 0.300. The third kappa shape index (κ3) is 2.28. The van der Waals surface area contributed by atoms with E-state index in [2.05, 4.69) is 0 Å². The van der Waals surface area contributed by atoms with Crippen LogP contribution in [0.4, 0.5) is 8.78 Å². The van der Waals surface area contributed by atoms with Crippen LogP contribution >= 0.6 is 0 Å². The predicted molar refractivity (Wildman–Crippen MR) is 52.1 cm³/mol. The Morgan fingerprint density at radius 3 is 2.35 bits per heavy atom. The summed E-state index contributed by atoms with van der Waals surface area (Å²) in [6, 6.07) is 0.701. The van der Waals surface area contributed by atoms with Crippen LogP contribution < -0.4 is 9.47 Å². The first kappa shape index (κ1) is 13.2. The lowest BCUT2D eigenvalue weighted by atomic mass is 10.1. The summed E-state index contributed by atoms with van der Waals surface area (Å²) in [7, 11) is 2.29. The highest BCUT2D eigenvalue weighted by Crippen LogP contribution is 2.38. The number of aliphatic hydroxyl groups is 1. The van der Waals surface area contributed by atoms with Gasteiger partial charge in [-0.05, 0) is 0 Å². The van der Waals surface area contributed by atoms with E-state index in [4.69, 9.17) is 14.6 Å². The van der Waals surface area contributed by atoms with E-state index in [0.29, 0.717) is 6.07 Å². The van der Waals surface area contributed by atoms with Crippen molar-refractivity contribution in [2.24, 2.45) is 0 Å². The van der Waals surface area contributed by atoms with Crippen molar-refractivity contribution in [2.45, 2.75) is 6.10 Å². The van der Waals surface area contributed by atoms with Gasteiger partial charge >= 0.3 is 5.97 Å². The molecule has 0 aromatic heterocycles. The van der Waals surface area contributed by atoms with E-state index in [1.165, 1.54) is 7.11 Å². The lowest BCUT2D eigenvalue weighted by molar-refractivity contribution is -0.147. The van der Waals surface area contributed by atoms with Crippen LogP contribution in [0, 0.1) is 11.6 Å². The molecule has 0 heterocycles. The van der Waals surface area contributed by atoms with Crippen molar-refractivity contribution < 1.29 is 33.3 Å². The van der Waals surface area contributed by atoms with Crippen LogP contribution in [0.3, 0.4) is 0 Å². The molecular formula is C10H10F2O5. The number of hydrogen-bond donors (Lipinski definition) is 2. The van der Waals surface area contributed by atoms with Gasteiger partial charge in [0.15, 0.2) is 29.2 Å². The minimum atomic E-state index is -2.24. The van der Waals surface area contributed by atoms with Crippen LogP contribution in [0.1, 0.15) is 11.7 Å². The van der Waals surface area contributed by atoms with E-state index in [-0.39, 0.29) is 11.5 Å². The maximum absolute atomic E-state index is 13.4. The number of hydrogen-bond acceptors (Lipinski definition) is 4. The summed E-state index contributed by atoms with van der Waals surface area (Å²) in [5, 5.41) is 17.9. The zero-order valence-corrected chi connectivity index (χ0v) is 9.03. The van der Waals surface area contributed by atoms with Gasteiger partial charge in [0, 0.05) is 6.07 Å². The zero-order valence-electron chi connectivity index (χ0n) is 9.03. The number of halogens is 2. The first-order valence-electron chi connectivity index (χ1n) is 4.44. The van der Waals surface area contributed by atoms with Crippen LogP contribution in [0.2, 0.25) is 0 Å². The van der Waals surface area contributed by atoms with E-state index in [1.807, 2.05) is 0 Å². The number of benzene rings is 1. The van der Waals surface area contributed by atoms with Crippen molar-refractivity contribution in [3.8, 4) is 11.5 Å². The molecule has 5 nitrogen and oxygen atoms in total. The third-order valence-corrected chi connectivity index (χ3v) is 2.10. The first-order valence-corrected chi connectivity index (χ1v) is 4.44. The van der Waals surface area contributed by atoms with Gasteiger partial charge in [0.05, 0.1) is 19.8 Å². The molecule has 1 rings (SSSR count). The number of aliphatic hydroxyl groups excluding tert-OH is 1. The Morgan fingerprint density at radius 2 is 1.94 bits per heavy atom. The molecule has 2 N–H and O–H groups in total. The molecule has 0 amide bonds. The predicted octanol–water partition coefficient (Wildman–Crippen LogP) is 1.10. The summed E-state index contributed by atoms with van der Waals surface area (Å²) in [5.41, 5.74) is -0.808. The molecule has 0 radical (unpaired) electrons. The summed E-state index contributed by atoms with van der Waals surface area (Å²) < 4.78 is 36.0. The second kappa shape index (κ2) is 4.96. The van der Waals surface area contributed by atoms with E-state index in [9.17, 15) is 18.7 Å². The molecule has 1 unspecified atom stereocenters. The standard InChI is InChI=1S/C10H10F2O5/c1-16-5-3-4(11)7(12)6(9(5)17-2)8(13)10(14)15/h3,8,13H,1-2H3,(H,14,15). The monoisotopic (exact) mass is 248 g/mol. The molecule has 1 aromatic carbocycles. The molecule has 0 saturated carbocycles. The van der Waals surface area contributed by atoms with Gasteiger partial charge in [0.25, 0.3) is 0 Å². The normalized spacial score (nSPS) is 12.1. The molecule has 0 aliphatic heterocycles. The lowest BCUT2D eigenvalue weighted by Crippen LogP contribution is -2.15. The summed E-state index contributed by atoms with van der Waals surface area (Å²) in [5.74, 6) is -5.12. The molecule has 0 saturated heterocycles. The molecule has 0 aliphatic rings. The van der Waals surface area contributed by atoms with Gasteiger partial charge in [-0.2, -0.15) is 0 Å². The number of methoxy groups -OCH3 is 2. The minimum Gasteiger partial charge on any atom is -0.493 e. The zero-order chi connectivity index (χ0) is 13.2. The van der Waals surface area contributed by atoms with Crippen LogP contribution in [-0.4, -0.2) is 30.4 Å². The molecule has 1 aromatic rings. The van der Waals surface area contributed by atoms with Crippen LogP contribution in [0.5, 0.6) is 11.5 Å². The molecule has 1 atom stereocenters. The smallest absolute Gasteiger partial charge is 0.337 e. The highest BCUT2D eigenvalue weighted by atomic mass is 19.2. The van der Waals surface area contributed by atoms with Crippen molar-refractivity contribution in [2.75, 3.05) is 14.2 Å². The molecule has 0 spiro atoms. The van der Waals surface area contributed by atoms with E-state index >= 15 is 0 Å². The van der Waals surface area contributed by atoms with Crippen molar-refractivity contribution in [1.82, 2.24) is 0 Å². The van der Waals surface area contributed by atoms with Crippen molar-refractivity contribution in [3.63, 3.8) is 0 Å². The number of rotatable bonds is 4. The summed E-state index contributed by atoms with van der Waals surface area (Å²) in [6.45, 7) is 0. The Balaban J connectivity index is 3.53. The number of carboxylic acids is 1. The fourth-order valence-electron chi connectivity index (χ4n) is 1.33. The quantitative estimate of drug-likeness (QED) is 0.834. The second-order valence-corrected chi connectivity index (χ2v) is 3.06. The molecule has 7 heteroatoms. The van der Waals surface area contributed by atoms with Gasteiger partial charge in [-0.15, -0.1) is 0 Å². The summed E-state index contributed by atoms with van der Waals surface area (Å²) in [4.78, 5) is 10.6. The van der Waals surface area contributed by atoms with E-state index in [0.717, 1.165) is 7.11 Å². The van der Waals surface area contributed by atoms with Gasteiger partial charge in [0.2, 0.25) is 0 Å². The second-order valence-electron chi connectivity index (χ2n) is 3.06. The number of carbonyl (C=O) groups is 1.